The molecule has 0 radical (unpaired) electrons. The predicted octanol–water partition coefficient (Wildman–Crippen LogP) is 5.97. The molecule has 0 saturated carbocycles. The van der Waals surface area contributed by atoms with E-state index in [2.05, 4.69) is 48.4 Å². The van der Waals surface area contributed by atoms with Gasteiger partial charge in [0.15, 0.2) is 6.26 Å². The summed E-state index contributed by atoms with van der Waals surface area (Å²) < 4.78 is 17.1. The Morgan fingerprint density at radius 3 is 2.20 bits per heavy atom. The van der Waals surface area contributed by atoms with Crippen molar-refractivity contribution in [1.29, 1.82) is 0 Å². The Kier molecular flexibility index (Phi) is 8.22. The number of fused-ring (bicyclic) bond motifs is 1. The van der Waals surface area contributed by atoms with Crippen molar-refractivity contribution in [3.05, 3.63) is 84.8 Å². The van der Waals surface area contributed by atoms with E-state index in [1.807, 2.05) is 36.4 Å². The molecule has 3 aromatic rings. The summed E-state index contributed by atoms with van der Waals surface area (Å²) in [5.41, 5.74) is 3.70. The van der Waals surface area contributed by atoms with E-state index in [0.29, 0.717) is 13.2 Å². The van der Waals surface area contributed by atoms with E-state index in [1.54, 1.807) is 0 Å². The zero-order valence-corrected chi connectivity index (χ0v) is 17.1. The standard InChI is InChI=1S/C25H26O5/c1-3-14-29-30-16-5-4-15-26-23-10-12-24(13-11-23)27-19-28-25-9-8-21-17-20(2)6-7-22(21)18-25/h6-14,17-18H,1,4-5,15-16,19H2,2H3. The van der Waals surface area contributed by atoms with Gasteiger partial charge in [-0.05, 0) is 66.9 Å². The van der Waals surface area contributed by atoms with E-state index in [0.717, 1.165) is 35.5 Å². The average Bonchev–Trinajstić information content (AvgIpc) is 2.76. The number of rotatable bonds is 12. The minimum atomic E-state index is 0.140. The summed E-state index contributed by atoms with van der Waals surface area (Å²) in [6.07, 6.45) is 2.96. The van der Waals surface area contributed by atoms with Crippen LogP contribution in [0.2, 0.25) is 0 Å². The van der Waals surface area contributed by atoms with Gasteiger partial charge in [-0.25, -0.2) is 0 Å². The smallest absolute Gasteiger partial charge is 0.230 e. The first-order valence-electron chi connectivity index (χ1n) is 9.86. The highest BCUT2D eigenvalue weighted by Crippen LogP contribution is 2.23. The molecule has 0 heterocycles. The summed E-state index contributed by atoms with van der Waals surface area (Å²) in [5.74, 6) is 2.29. The van der Waals surface area contributed by atoms with Gasteiger partial charge in [-0.2, -0.15) is 4.89 Å². The molecule has 0 fully saturated rings. The quantitative estimate of drug-likeness (QED) is 0.0926. The van der Waals surface area contributed by atoms with Crippen molar-refractivity contribution in [2.75, 3.05) is 20.0 Å². The van der Waals surface area contributed by atoms with Gasteiger partial charge in [-0.3, -0.25) is 0 Å². The van der Waals surface area contributed by atoms with Crippen molar-refractivity contribution in [2.24, 2.45) is 0 Å². The molecule has 0 aliphatic rings. The highest BCUT2D eigenvalue weighted by molar-refractivity contribution is 5.84. The van der Waals surface area contributed by atoms with Gasteiger partial charge < -0.3 is 19.1 Å². The third-order valence-electron chi connectivity index (χ3n) is 4.33. The maximum Gasteiger partial charge on any atom is 0.230 e. The average molecular weight is 406 g/mol. The molecule has 0 aliphatic carbocycles. The lowest BCUT2D eigenvalue weighted by molar-refractivity contribution is -0.249. The number of benzene rings is 3. The van der Waals surface area contributed by atoms with E-state index in [9.17, 15) is 0 Å². The fourth-order valence-electron chi connectivity index (χ4n) is 2.80. The molecule has 0 atom stereocenters. The number of ether oxygens (including phenoxy) is 3. The molecule has 0 N–H and O–H groups in total. The Labute approximate surface area is 177 Å². The van der Waals surface area contributed by atoms with E-state index in [-0.39, 0.29) is 6.79 Å². The molecule has 5 heteroatoms. The Balaban J connectivity index is 1.35. The first-order valence-corrected chi connectivity index (χ1v) is 9.86. The topological polar surface area (TPSA) is 46.2 Å². The Morgan fingerprint density at radius 2 is 1.40 bits per heavy atom. The van der Waals surface area contributed by atoms with Gasteiger partial charge in [-0.1, -0.05) is 42.1 Å². The summed E-state index contributed by atoms with van der Waals surface area (Å²) >= 11 is 0. The zero-order chi connectivity index (χ0) is 21.0. The summed E-state index contributed by atoms with van der Waals surface area (Å²) in [5, 5.41) is 2.34. The summed E-state index contributed by atoms with van der Waals surface area (Å²) in [6.45, 7) is 6.69. The lowest BCUT2D eigenvalue weighted by Crippen LogP contribution is -2.05. The van der Waals surface area contributed by atoms with Gasteiger partial charge in [0.25, 0.3) is 0 Å². The van der Waals surface area contributed by atoms with Gasteiger partial charge in [-0.15, -0.1) is 0 Å². The van der Waals surface area contributed by atoms with Crippen molar-refractivity contribution in [1.82, 2.24) is 0 Å². The van der Waals surface area contributed by atoms with Crippen LogP contribution in [0.5, 0.6) is 17.2 Å². The van der Waals surface area contributed by atoms with E-state index >= 15 is 0 Å². The molecule has 0 unspecified atom stereocenters. The third kappa shape index (κ3) is 6.89. The first kappa shape index (κ1) is 21.3. The molecule has 0 bridgehead atoms. The molecule has 5 nitrogen and oxygen atoms in total. The van der Waals surface area contributed by atoms with Crippen LogP contribution in [0.25, 0.3) is 10.8 Å². The second-order valence-corrected chi connectivity index (χ2v) is 6.69. The van der Waals surface area contributed by atoms with Crippen molar-refractivity contribution in [3.63, 3.8) is 0 Å². The molecular weight excluding hydrogens is 380 g/mol. The minimum Gasteiger partial charge on any atom is -0.494 e. The highest BCUT2D eigenvalue weighted by atomic mass is 17.2. The number of hydrogen-bond donors (Lipinski definition) is 0. The van der Waals surface area contributed by atoms with Crippen LogP contribution < -0.4 is 14.2 Å². The molecule has 0 aromatic heterocycles. The lowest BCUT2D eigenvalue weighted by atomic mass is 10.1. The Morgan fingerprint density at radius 1 is 0.767 bits per heavy atom. The second-order valence-electron chi connectivity index (χ2n) is 6.69. The maximum atomic E-state index is 5.72. The van der Waals surface area contributed by atoms with Crippen LogP contribution in [0.15, 0.2) is 79.2 Å². The fourth-order valence-corrected chi connectivity index (χ4v) is 2.80. The van der Waals surface area contributed by atoms with Crippen LogP contribution in [0.4, 0.5) is 0 Å². The zero-order valence-electron chi connectivity index (χ0n) is 17.1. The fraction of sp³-hybridized carbons (Fsp3) is 0.240. The van der Waals surface area contributed by atoms with Crippen LogP contribution >= 0.6 is 0 Å². The third-order valence-corrected chi connectivity index (χ3v) is 4.33. The number of hydrogen-bond acceptors (Lipinski definition) is 5. The predicted molar refractivity (Wildman–Crippen MR) is 117 cm³/mol. The minimum absolute atomic E-state index is 0.140. The highest BCUT2D eigenvalue weighted by Gasteiger charge is 2.00. The summed E-state index contributed by atoms with van der Waals surface area (Å²) in [6, 6.07) is 19.8. The second kappa shape index (κ2) is 11.6. The largest absolute Gasteiger partial charge is 0.494 e. The molecule has 0 spiro atoms. The monoisotopic (exact) mass is 406 g/mol. The summed E-state index contributed by atoms with van der Waals surface area (Å²) in [7, 11) is 0. The van der Waals surface area contributed by atoms with Gasteiger partial charge in [0.2, 0.25) is 6.79 Å². The normalized spacial score (nSPS) is 10.3. The van der Waals surface area contributed by atoms with Crippen molar-refractivity contribution in [2.45, 2.75) is 19.8 Å². The van der Waals surface area contributed by atoms with Gasteiger partial charge in [0.05, 0.1) is 13.2 Å². The molecule has 0 aliphatic heterocycles. The number of aryl methyl sites for hydroxylation is 1. The van der Waals surface area contributed by atoms with E-state index < -0.39 is 0 Å². The van der Waals surface area contributed by atoms with Crippen molar-refractivity contribution in [3.8, 4) is 17.2 Å². The summed E-state index contributed by atoms with van der Waals surface area (Å²) in [4.78, 5) is 9.58. The molecule has 30 heavy (non-hydrogen) atoms. The first-order chi connectivity index (χ1) is 14.7. The van der Waals surface area contributed by atoms with Crippen LogP contribution in [0, 0.1) is 6.92 Å². The number of unbranched alkanes of at least 4 members (excludes halogenated alkanes) is 1. The van der Waals surface area contributed by atoms with E-state index in [4.69, 9.17) is 19.1 Å². The van der Waals surface area contributed by atoms with Gasteiger partial charge in [0, 0.05) is 0 Å². The molecule has 156 valence electrons. The van der Waals surface area contributed by atoms with Crippen LogP contribution in [0.3, 0.4) is 0 Å². The van der Waals surface area contributed by atoms with Gasteiger partial charge in [0.1, 0.15) is 17.2 Å². The Hall–Kier alpha value is -3.40. The van der Waals surface area contributed by atoms with E-state index in [1.165, 1.54) is 17.2 Å². The van der Waals surface area contributed by atoms with Crippen molar-refractivity contribution >= 4 is 10.8 Å². The molecule has 3 rings (SSSR count). The molecular formula is C25H26O5. The van der Waals surface area contributed by atoms with Gasteiger partial charge >= 0.3 is 0 Å². The van der Waals surface area contributed by atoms with Crippen LogP contribution in [-0.4, -0.2) is 20.0 Å². The molecule has 0 saturated heterocycles. The lowest BCUT2D eigenvalue weighted by Gasteiger charge is -2.10. The van der Waals surface area contributed by atoms with Crippen LogP contribution in [-0.2, 0) is 9.78 Å². The van der Waals surface area contributed by atoms with Crippen LogP contribution in [0.1, 0.15) is 18.4 Å². The molecule has 0 amide bonds. The SMILES string of the molecule is C=C=COOCCCCOc1ccc(OCOc2ccc3cc(C)ccc3c2)cc1. The maximum absolute atomic E-state index is 5.72. The molecule has 3 aromatic carbocycles. The van der Waals surface area contributed by atoms with Crippen molar-refractivity contribution < 1.29 is 24.0 Å². The Bertz CT molecular complexity index is 975.